The van der Waals surface area contributed by atoms with Crippen LogP contribution in [0.1, 0.15) is 23.6 Å². The summed E-state index contributed by atoms with van der Waals surface area (Å²) in [6.07, 6.45) is 1.35. The van der Waals surface area contributed by atoms with Gasteiger partial charge in [-0.1, -0.05) is 30.3 Å². The van der Waals surface area contributed by atoms with Crippen molar-refractivity contribution < 1.29 is 28.6 Å². The summed E-state index contributed by atoms with van der Waals surface area (Å²) in [4.78, 5) is 36.8. The first-order valence-corrected chi connectivity index (χ1v) is 11.9. The Morgan fingerprint density at radius 2 is 1.58 bits per heavy atom. The molecule has 198 valence electrons. The summed E-state index contributed by atoms with van der Waals surface area (Å²) in [5.41, 5.74) is 5.80. The molecule has 0 bridgehead atoms. The number of hydrogen-bond donors (Lipinski definition) is 3. The zero-order chi connectivity index (χ0) is 27.5. The van der Waals surface area contributed by atoms with Crippen LogP contribution in [0.2, 0.25) is 0 Å². The maximum Gasteiger partial charge on any atom is 0.329 e. The van der Waals surface area contributed by atoms with Gasteiger partial charge in [0.05, 0.1) is 25.6 Å². The molecule has 0 spiro atoms. The predicted octanol–water partition coefficient (Wildman–Crippen LogP) is 3.82. The van der Waals surface area contributed by atoms with Gasteiger partial charge in [-0.3, -0.25) is 14.4 Å². The molecule has 3 rings (SSSR count). The summed E-state index contributed by atoms with van der Waals surface area (Å²) in [5, 5.41) is 9.19. The Morgan fingerprint density at radius 1 is 0.842 bits per heavy atom. The van der Waals surface area contributed by atoms with E-state index in [2.05, 4.69) is 21.2 Å². The van der Waals surface area contributed by atoms with Crippen molar-refractivity contribution >= 4 is 35.3 Å². The number of amides is 3. The molecule has 0 aromatic heterocycles. The molecule has 0 radical (unpaired) electrons. The van der Waals surface area contributed by atoms with Crippen molar-refractivity contribution in [3.05, 3.63) is 77.4 Å². The summed E-state index contributed by atoms with van der Waals surface area (Å²) in [7, 11) is 1.46. The van der Waals surface area contributed by atoms with Gasteiger partial charge in [0.1, 0.15) is 5.75 Å². The van der Waals surface area contributed by atoms with Crippen molar-refractivity contribution in [1.82, 2.24) is 5.43 Å². The van der Waals surface area contributed by atoms with Gasteiger partial charge in [0, 0.05) is 5.69 Å². The zero-order valence-corrected chi connectivity index (χ0v) is 21.7. The highest BCUT2D eigenvalue weighted by Gasteiger charge is 2.15. The van der Waals surface area contributed by atoms with Crippen LogP contribution in [0.15, 0.2) is 65.8 Å². The van der Waals surface area contributed by atoms with Gasteiger partial charge in [0.15, 0.2) is 18.1 Å². The van der Waals surface area contributed by atoms with E-state index in [1.54, 1.807) is 42.5 Å². The highest BCUT2D eigenvalue weighted by molar-refractivity contribution is 6.39. The third kappa shape index (κ3) is 7.57. The number of para-hydroxylation sites is 3. The fourth-order valence-corrected chi connectivity index (χ4v) is 3.46. The molecular weight excluding hydrogens is 488 g/mol. The van der Waals surface area contributed by atoms with Crippen LogP contribution in [0.3, 0.4) is 0 Å². The van der Waals surface area contributed by atoms with Crippen LogP contribution >= 0.6 is 0 Å². The number of carbonyl (C=O) groups is 3. The Morgan fingerprint density at radius 3 is 2.29 bits per heavy atom. The van der Waals surface area contributed by atoms with Crippen LogP contribution in [0.5, 0.6) is 17.2 Å². The van der Waals surface area contributed by atoms with Crippen molar-refractivity contribution in [3.63, 3.8) is 0 Å². The van der Waals surface area contributed by atoms with E-state index < -0.39 is 11.8 Å². The number of carbonyl (C=O) groups excluding carboxylic acids is 3. The maximum atomic E-state index is 12.4. The number of hydrogen-bond acceptors (Lipinski definition) is 7. The van der Waals surface area contributed by atoms with Crippen LogP contribution < -0.4 is 30.3 Å². The second kappa shape index (κ2) is 13.4. The van der Waals surface area contributed by atoms with Crippen LogP contribution in [-0.2, 0) is 14.4 Å². The van der Waals surface area contributed by atoms with E-state index in [0.29, 0.717) is 35.1 Å². The standard InChI is InChI=1S/C28H30N4O6/c1-5-37-22-12-7-6-11-21(22)30-27(34)28(35)32-29-16-20-13-14-23(24(15-20)36-4)38-17-25(33)31-26-18(2)9-8-10-19(26)3/h6-16H,5,17H2,1-4H3,(H,30,34)(H,31,33)(H,32,35)/b29-16-. The minimum atomic E-state index is -0.950. The molecule has 3 aromatic rings. The Bertz CT molecular complexity index is 1320. The molecule has 0 aliphatic rings. The van der Waals surface area contributed by atoms with Gasteiger partial charge in [0.2, 0.25) is 0 Å². The summed E-state index contributed by atoms with van der Waals surface area (Å²) in [6.45, 7) is 5.86. The number of aryl methyl sites for hydroxylation is 2. The second-order valence-electron chi connectivity index (χ2n) is 8.10. The van der Waals surface area contributed by atoms with Crippen molar-refractivity contribution in [2.45, 2.75) is 20.8 Å². The number of nitrogens with one attached hydrogen (secondary N) is 3. The fraction of sp³-hybridized carbons (Fsp3) is 0.214. The minimum Gasteiger partial charge on any atom is -0.493 e. The number of anilines is 2. The summed E-state index contributed by atoms with van der Waals surface area (Å²) in [5.74, 6) is -0.968. The van der Waals surface area contributed by atoms with Crippen LogP contribution in [0.4, 0.5) is 11.4 Å². The topological polar surface area (TPSA) is 127 Å². The Labute approximate surface area is 221 Å². The van der Waals surface area contributed by atoms with Gasteiger partial charge >= 0.3 is 11.8 Å². The number of ether oxygens (including phenoxy) is 3. The van der Waals surface area contributed by atoms with E-state index in [0.717, 1.165) is 16.8 Å². The first-order chi connectivity index (χ1) is 18.3. The zero-order valence-electron chi connectivity index (χ0n) is 21.7. The summed E-state index contributed by atoms with van der Waals surface area (Å²) >= 11 is 0. The third-order valence-corrected chi connectivity index (χ3v) is 5.31. The Kier molecular flexibility index (Phi) is 9.81. The number of rotatable bonds is 10. The molecular formula is C28H30N4O6. The molecule has 0 saturated carbocycles. The van der Waals surface area contributed by atoms with Crippen molar-refractivity contribution in [2.24, 2.45) is 5.10 Å². The van der Waals surface area contributed by atoms with Crippen molar-refractivity contribution in [2.75, 3.05) is 31.0 Å². The first kappa shape index (κ1) is 27.7. The highest BCUT2D eigenvalue weighted by atomic mass is 16.5. The second-order valence-corrected chi connectivity index (χ2v) is 8.10. The average Bonchev–Trinajstić information content (AvgIpc) is 2.91. The smallest absolute Gasteiger partial charge is 0.329 e. The molecule has 3 amide bonds. The van der Waals surface area contributed by atoms with Gasteiger partial charge in [-0.2, -0.15) is 5.10 Å². The van der Waals surface area contributed by atoms with Gasteiger partial charge in [-0.15, -0.1) is 0 Å². The maximum absolute atomic E-state index is 12.4. The number of nitrogens with zero attached hydrogens (tertiary/aromatic N) is 1. The minimum absolute atomic E-state index is 0.213. The molecule has 3 aromatic carbocycles. The monoisotopic (exact) mass is 518 g/mol. The van der Waals surface area contributed by atoms with E-state index in [1.165, 1.54) is 13.3 Å². The van der Waals surface area contributed by atoms with Gasteiger partial charge in [0.25, 0.3) is 5.91 Å². The quantitative estimate of drug-likeness (QED) is 0.213. The molecule has 0 fully saturated rings. The summed E-state index contributed by atoms with van der Waals surface area (Å²) < 4.78 is 16.4. The lowest BCUT2D eigenvalue weighted by Gasteiger charge is -2.13. The molecule has 0 aliphatic carbocycles. The predicted molar refractivity (Wildman–Crippen MR) is 145 cm³/mol. The third-order valence-electron chi connectivity index (χ3n) is 5.31. The van der Waals surface area contributed by atoms with E-state index in [-0.39, 0.29) is 12.5 Å². The SMILES string of the molecule is CCOc1ccccc1NC(=O)C(=O)N/N=C\c1ccc(OCC(=O)Nc2c(C)cccc2C)c(OC)c1. The van der Waals surface area contributed by atoms with E-state index in [1.807, 2.05) is 39.0 Å². The average molecular weight is 519 g/mol. The molecule has 0 atom stereocenters. The molecule has 10 heteroatoms. The van der Waals surface area contributed by atoms with Gasteiger partial charge in [-0.25, -0.2) is 5.43 Å². The molecule has 0 unspecified atom stereocenters. The lowest BCUT2D eigenvalue weighted by molar-refractivity contribution is -0.136. The number of methoxy groups -OCH3 is 1. The normalized spacial score (nSPS) is 10.5. The van der Waals surface area contributed by atoms with Crippen molar-refractivity contribution in [1.29, 1.82) is 0 Å². The molecule has 0 saturated heterocycles. The fourth-order valence-electron chi connectivity index (χ4n) is 3.46. The highest BCUT2D eigenvalue weighted by Crippen LogP contribution is 2.28. The Hall–Kier alpha value is -4.86. The van der Waals surface area contributed by atoms with Gasteiger partial charge < -0.3 is 24.8 Å². The number of benzene rings is 3. The molecule has 0 heterocycles. The molecule has 38 heavy (non-hydrogen) atoms. The van der Waals surface area contributed by atoms with E-state index >= 15 is 0 Å². The molecule has 0 aliphatic heterocycles. The largest absolute Gasteiger partial charge is 0.493 e. The Balaban J connectivity index is 1.55. The summed E-state index contributed by atoms with van der Waals surface area (Å²) in [6, 6.07) is 17.5. The first-order valence-electron chi connectivity index (χ1n) is 11.9. The lowest BCUT2D eigenvalue weighted by Crippen LogP contribution is -2.32. The van der Waals surface area contributed by atoms with Crippen LogP contribution in [0, 0.1) is 13.8 Å². The lowest BCUT2D eigenvalue weighted by atomic mass is 10.1. The molecule has 10 nitrogen and oxygen atoms in total. The van der Waals surface area contributed by atoms with E-state index in [4.69, 9.17) is 14.2 Å². The van der Waals surface area contributed by atoms with Crippen LogP contribution in [-0.4, -0.2) is 44.3 Å². The number of hydrazone groups is 1. The van der Waals surface area contributed by atoms with Crippen LogP contribution in [0.25, 0.3) is 0 Å². The molecule has 3 N–H and O–H groups in total. The van der Waals surface area contributed by atoms with Crippen molar-refractivity contribution in [3.8, 4) is 17.2 Å². The van der Waals surface area contributed by atoms with Gasteiger partial charge in [-0.05, 0) is 67.8 Å². The van der Waals surface area contributed by atoms with E-state index in [9.17, 15) is 14.4 Å².